The van der Waals surface area contributed by atoms with E-state index >= 15 is 0 Å². The number of nitrogens with zero attached hydrogens (tertiary/aromatic N) is 1. The largest absolute Gasteiger partial charge is 0.331 e. The third-order valence-corrected chi connectivity index (χ3v) is 6.63. The summed E-state index contributed by atoms with van der Waals surface area (Å²) in [6.45, 7) is 3.18. The maximum absolute atomic E-state index is 12.8. The Morgan fingerprint density at radius 1 is 0.971 bits per heavy atom. The predicted molar refractivity (Wildman–Crippen MR) is 140 cm³/mol. The highest BCUT2D eigenvalue weighted by molar-refractivity contribution is 5.91. The van der Waals surface area contributed by atoms with Crippen molar-refractivity contribution in [2.24, 2.45) is 5.92 Å². The number of rotatable bonds is 9. The maximum Gasteiger partial charge on any atom is 0.319 e. The molecule has 2 amide bonds. The topological polar surface area (TPSA) is 68.2 Å². The van der Waals surface area contributed by atoms with E-state index in [1.165, 1.54) is 31.0 Å². The Labute approximate surface area is 202 Å². The van der Waals surface area contributed by atoms with E-state index < -0.39 is 0 Å². The van der Waals surface area contributed by atoms with Crippen LogP contribution in [-0.4, -0.2) is 36.8 Å². The van der Waals surface area contributed by atoms with Crippen LogP contribution in [0.5, 0.6) is 0 Å². The van der Waals surface area contributed by atoms with Crippen molar-refractivity contribution in [2.45, 2.75) is 31.7 Å². The van der Waals surface area contributed by atoms with Crippen LogP contribution in [0.4, 0.5) is 10.5 Å². The van der Waals surface area contributed by atoms with E-state index in [0.717, 1.165) is 43.1 Å². The quantitative estimate of drug-likeness (QED) is 0.353. The molecule has 4 rings (SSSR count). The van der Waals surface area contributed by atoms with Crippen LogP contribution >= 0.6 is 0 Å². The van der Waals surface area contributed by atoms with Crippen LogP contribution < -0.4 is 10.6 Å². The van der Waals surface area contributed by atoms with Crippen molar-refractivity contribution in [3.63, 3.8) is 0 Å². The van der Waals surface area contributed by atoms with E-state index in [9.17, 15) is 4.79 Å². The minimum atomic E-state index is -0.224. The number of likely N-dealkylation sites (tertiary alicyclic amines) is 1. The lowest BCUT2D eigenvalue weighted by molar-refractivity contribution is 0.176. The van der Waals surface area contributed by atoms with Crippen LogP contribution in [0.15, 0.2) is 84.9 Å². The Hall–Kier alpha value is -3.44. The Bertz CT molecular complexity index is 1050. The van der Waals surface area contributed by atoms with Gasteiger partial charge in [-0.1, -0.05) is 72.8 Å². The number of amides is 2. The molecule has 5 heteroatoms. The molecule has 1 fully saturated rings. The number of nitrogens with one attached hydrogen (secondary N) is 3. The summed E-state index contributed by atoms with van der Waals surface area (Å²) in [5.41, 5.74) is 4.00. The van der Waals surface area contributed by atoms with Gasteiger partial charge in [0.2, 0.25) is 0 Å². The average Bonchev–Trinajstić information content (AvgIpc) is 2.88. The molecular formula is C29H34N4O. The van der Waals surface area contributed by atoms with Crippen molar-refractivity contribution in [1.29, 1.82) is 5.41 Å². The average molecular weight is 455 g/mol. The summed E-state index contributed by atoms with van der Waals surface area (Å²) < 4.78 is 0. The lowest BCUT2D eigenvalue weighted by atomic mass is 9.90. The molecule has 34 heavy (non-hydrogen) atoms. The highest BCUT2D eigenvalue weighted by Gasteiger charge is 2.21. The summed E-state index contributed by atoms with van der Waals surface area (Å²) in [4.78, 5) is 15.3. The molecule has 1 heterocycles. The van der Waals surface area contributed by atoms with Crippen LogP contribution in [0.3, 0.4) is 0 Å². The maximum atomic E-state index is 12.8. The first-order valence-electron chi connectivity index (χ1n) is 12.2. The molecule has 5 nitrogen and oxygen atoms in total. The summed E-state index contributed by atoms with van der Waals surface area (Å²) in [5.74, 6) is 0.754. The Morgan fingerprint density at radius 2 is 1.68 bits per heavy atom. The van der Waals surface area contributed by atoms with Crippen LogP contribution in [0, 0.1) is 11.3 Å². The lowest BCUT2D eigenvalue weighted by Crippen LogP contribution is -2.38. The zero-order valence-corrected chi connectivity index (χ0v) is 19.6. The molecule has 0 radical (unpaired) electrons. The van der Waals surface area contributed by atoms with Gasteiger partial charge in [0.15, 0.2) is 0 Å². The van der Waals surface area contributed by atoms with Gasteiger partial charge in [-0.05, 0) is 73.5 Å². The zero-order chi connectivity index (χ0) is 23.6. The van der Waals surface area contributed by atoms with Crippen LogP contribution in [0.2, 0.25) is 0 Å². The monoisotopic (exact) mass is 454 g/mol. The summed E-state index contributed by atoms with van der Waals surface area (Å²) in [5, 5.41) is 13.5. The first kappa shape index (κ1) is 23.7. The minimum Gasteiger partial charge on any atom is -0.331 e. The first-order valence-corrected chi connectivity index (χ1v) is 12.2. The molecule has 1 aliphatic rings. The second-order valence-electron chi connectivity index (χ2n) is 9.09. The van der Waals surface area contributed by atoms with Gasteiger partial charge < -0.3 is 20.9 Å². The first-order chi connectivity index (χ1) is 16.7. The fraction of sp³-hybridized carbons (Fsp3) is 0.310. The van der Waals surface area contributed by atoms with Crippen LogP contribution in [-0.2, 0) is 6.42 Å². The summed E-state index contributed by atoms with van der Waals surface area (Å²) >= 11 is 0. The van der Waals surface area contributed by atoms with Gasteiger partial charge in [-0.3, -0.25) is 0 Å². The third-order valence-electron chi connectivity index (χ3n) is 6.63. The Balaban J connectivity index is 1.30. The van der Waals surface area contributed by atoms with Crippen LogP contribution in [0.1, 0.15) is 42.0 Å². The van der Waals surface area contributed by atoms with E-state index in [1.54, 1.807) is 6.07 Å². The Morgan fingerprint density at radius 3 is 2.38 bits per heavy atom. The number of carbonyl (C=O) groups is 1. The zero-order valence-electron chi connectivity index (χ0n) is 19.6. The van der Waals surface area contributed by atoms with E-state index in [0.29, 0.717) is 5.69 Å². The van der Waals surface area contributed by atoms with E-state index in [-0.39, 0.29) is 12.1 Å². The fourth-order valence-corrected chi connectivity index (χ4v) is 4.71. The lowest BCUT2D eigenvalue weighted by Gasteiger charge is -2.33. The number of urea groups is 1. The summed E-state index contributed by atoms with van der Waals surface area (Å²) in [6, 6.07) is 28.0. The number of hydrogen-bond acceptors (Lipinski definition) is 3. The molecule has 0 bridgehead atoms. The van der Waals surface area contributed by atoms with Gasteiger partial charge in [0.1, 0.15) is 0 Å². The van der Waals surface area contributed by atoms with Gasteiger partial charge >= 0.3 is 6.03 Å². The minimum absolute atomic E-state index is 0.0610. The van der Waals surface area contributed by atoms with E-state index in [2.05, 4.69) is 58.0 Å². The van der Waals surface area contributed by atoms with Crippen molar-refractivity contribution in [1.82, 2.24) is 10.2 Å². The second-order valence-corrected chi connectivity index (χ2v) is 9.09. The number of anilines is 1. The molecule has 0 aromatic heterocycles. The third kappa shape index (κ3) is 7.03. The summed E-state index contributed by atoms with van der Waals surface area (Å²) in [6.07, 6.45) is 5.76. The van der Waals surface area contributed by atoms with Crippen molar-refractivity contribution < 1.29 is 4.79 Å². The smallest absolute Gasteiger partial charge is 0.319 e. The van der Waals surface area contributed by atoms with Gasteiger partial charge in [-0.2, -0.15) is 0 Å². The van der Waals surface area contributed by atoms with Crippen molar-refractivity contribution in [2.75, 3.05) is 25.0 Å². The van der Waals surface area contributed by atoms with Gasteiger partial charge in [0.05, 0.1) is 6.04 Å². The van der Waals surface area contributed by atoms with Gasteiger partial charge in [0, 0.05) is 18.4 Å². The fourth-order valence-electron chi connectivity index (χ4n) is 4.71. The van der Waals surface area contributed by atoms with Gasteiger partial charge in [-0.25, -0.2) is 4.79 Å². The van der Waals surface area contributed by atoms with Crippen molar-refractivity contribution in [3.8, 4) is 0 Å². The van der Waals surface area contributed by atoms with E-state index in [4.69, 9.17) is 5.41 Å². The normalized spacial score (nSPS) is 15.4. The molecular weight excluding hydrogens is 420 g/mol. The molecule has 3 aromatic rings. The standard InChI is InChI=1S/C29H34N4O/c30-22-25-10-7-13-27(21-25)31-29(34)32-28(26-11-5-2-6-12-26)16-19-33-17-14-24(15-18-33)20-23-8-3-1-4-9-23/h1-13,21-22,24,28,30H,14-20H2,(H2,31,32,34). The van der Waals surface area contributed by atoms with Crippen molar-refractivity contribution in [3.05, 3.63) is 102 Å². The SMILES string of the molecule is N=Cc1cccc(NC(=O)NC(CCN2CCC(Cc3ccccc3)CC2)c2ccccc2)c1. The van der Waals surface area contributed by atoms with Crippen molar-refractivity contribution >= 4 is 17.9 Å². The highest BCUT2D eigenvalue weighted by atomic mass is 16.2. The van der Waals surface area contributed by atoms with Gasteiger partial charge in [-0.15, -0.1) is 0 Å². The number of carbonyl (C=O) groups excluding carboxylic acids is 1. The molecule has 0 aliphatic carbocycles. The Kier molecular flexibility index (Phi) is 8.47. The molecule has 0 spiro atoms. The molecule has 3 aromatic carbocycles. The molecule has 176 valence electrons. The molecule has 0 saturated carbocycles. The number of hydrogen-bond donors (Lipinski definition) is 3. The second kappa shape index (κ2) is 12.1. The molecule has 1 unspecified atom stereocenters. The van der Waals surface area contributed by atoms with Crippen LogP contribution in [0.25, 0.3) is 0 Å². The molecule has 3 N–H and O–H groups in total. The highest BCUT2D eigenvalue weighted by Crippen LogP contribution is 2.24. The molecule has 1 aliphatic heterocycles. The predicted octanol–water partition coefficient (Wildman–Crippen LogP) is 5.89. The molecule has 1 atom stereocenters. The number of benzene rings is 3. The summed E-state index contributed by atoms with van der Waals surface area (Å²) in [7, 11) is 0. The van der Waals surface area contributed by atoms with Gasteiger partial charge in [0.25, 0.3) is 0 Å². The van der Waals surface area contributed by atoms with E-state index in [1.807, 2.05) is 36.4 Å². The molecule has 1 saturated heterocycles. The number of piperidine rings is 1.